The van der Waals surface area contributed by atoms with Crippen LogP contribution in [0.15, 0.2) is 48.6 Å². The van der Waals surface area contributed by atoms with E-state index in [4.69, 9.17) is 4.74 Å². The smallest absolute Gasteiger partial charge is 0.222 e. The van der Waals surface area contributed by atoms with Crippen LogP contribution in [0.2, 0.25) is 0 Å². The number of allylic oxidation sites excluding steroid dienone is 8. The van der Waals surface area contributed by atoms with Gasteiger partial charge < -0.3 is 14.7 Å². The fourth-order valence-corrected chi connectivity index (χ4v) is 4.23. The lowest BCUT2D eigenvalue weighted by Crippen LogP contribution is -2.40. The summed E-state index contributed by atoms with van der Waals surface area (Å²) < 4.78 is 5.37. The minimum Gasteiger partial charge on any atom is -0.390 e. The SMILES string of the molecule is CCCCC/C=C\C/C=C\C/C=C\C/C=C\CCCC(=O)N(C)CC1CCC(O)C(OC)C1. The molecule has 0 aromatic carbocycles. The molecule has 0 radical (unpaired) electrons. The van der Waals surface area contributed by atoms with Gasteiger partial charge in [-0.15, -0.1) is 0 Å². The average molecular weight is 460 g/mol. The number of carbonyl (C=O) groups is 1. The third-order valence-corrected chi connectivity index (χ3v) is 6.34. The first-order chi connectivity index (χ1) is 16.1. The first-order valence-electron chi connectivity index (χ1n) is 13.1. The van der Waals surface area contributed by atoms with Gasteiger partial charge >= 0.3 is 0 Å². The van der Waals surface area contributed by atoms with Gasteiger partial charge in [0.05, 0.1) is 12.2 Å². The van der Waals surface area contributed by atoms with E-state index in [-0.39, 0.29) is 18.1 Å². The van der Waals surface area contributed by atoms with E-state index in [0.29, 0.717) is 12.3 Å². The molecule has 33 heavy (non-hydrogen) atoms. The maximum absolute atomic E-state index is 12.4. The molecule has 0 aromatic rings. The van der Waals surface area contributed by atoms with E-state index in [1.807, 2.05) is 11.9 Å². The number of amides is 1. The predicted octanol–water partition coefficient (Wildman–Crippen LogP) is 6.77. The molecule has 1 fully saturated rings. The van der Waals surface area contributed by atoms with Gasteiger partial charge in [-0.05, 0) is 70.1 Å². The van der Waals surface area contributed by atoms with Crippen LogP contribution in [0, 0.1) is 5.92 Å². The minimum absolute atomic E-state index is 0.0929. The van der Waals surface area contributed by atoms with Crippen LogP contribution in [-0.4, -0.2) is 48.8 Å². The second-order valence-corrected chi connectivity index (χ2v) is 9.28. The molecule has 0 saturated heterocycles. The van der Waals surface area contributed by atoms with Crippen LogP contribution in [0.5, 0.6) is 0 Å². The zero-order chi connectivity index (χ0) is 24.2. The fourth-order valence-electron chi connectivity index (χ4n) is 4.23. The Morgan fingerprint density at radius 1 is 0.909 bits per heavy atom. The number of hydrogen-bond donors (Lipinski definition) is 1. The van der Waals surface area contributed by atoms with Gasteiger partial charge in [0.25, 0.3) is 0 Å². The summed E-state index contributed by atoms with van der Waals surface area (Å²) in [5, 5.41) is 9.92. The Bertz CT molecular complexity index is 608. The van der Waals surface area contributed by atoms with Crippen molar-refractivity contribution in [3.05, 3.63) is 48.6 Å². The van der Waals surface area contributed by atoms with E-state index < -0.39 is 0 Å². The molecule has 1 aliphatic carbocycles. The molecule has 1 aliphatic rings. The summed E-state index contributed by atoms with van der Waals surface area (Å²) in [5.74, 6) is 0.631. The van der Waals surface area contributed by atoms with Gasteiger partial charge in [0.15, 0.2) is 0 Å². The number of ether oxygens (including phenoxy) is 1. The Morgan fingerprint density at radius 3 is 2.06 bits per heavy atom. The number of rotatable bonds is 17. The Balaban J connectivity index is 2.04. The number of methoxy groups -OCH3 is 1. The van der Waals surface area contributed by atoms with Crippen LogP contribution in [0.1, 0.15) is 90.4 Å². The molecular weight excluding hydrogens is 410 g/mol. The topological polar surface area (TPSA) is 49.8 Å². The highest BCUT2D eigenvalue weighted by Gasteiger charge is 2.30. The molecule has 3 unspecified atom stereocenters. The Hall–Kier alpha value is -1.65. The van der Waals surface area contributed by atoms with Crippen LogP contribution >= 0.6 is 0 Å². The van der Waals surface area contributed by atoms with Crippen molar-refractivity contribution in [2.75, 3.05) is 20.7 Å². The Kier molecular flexibility index (Phi) is 17.6. The molecule has 0 aliphatic heterocycles. The van der Waals surface area contributed by atoms with E-state index in [2.05, 4.69) is 55.5 Å². The van der Waals surface area contributed by atoms with Crippen molar-refractivity contribution < 1.29 is 14.6 Å². The number of aliphatic hydroxyl groups excluding tert-OH is 1. The molecule has 0 spiro atoms. The Labute approximate surface area is 203 Å². The molecule has 0 heterocycles. The molecule has 1 N–H and O–H groups in total. The zero-order valence-electron chi connectivity index (χ0n) is 21.5. The highest BCUT2D eigenvalue weighted by Crippen LogP contribution is 2.27. The predicted molar refractivity (Wildman–Crippen MR) is 140 cm³/mol. The van der Waals surface area contributed by atoms with Crippen LogP contribution in [0.25, 0.3) is 0 Å². The summed E-state index contributed by atoms with van der Waals surface area (Å²) in [6, 6.07) is 0. The number of hydrogen-bond acceptors (Lipinski definition) is 3. The van der Waals surface area contributed by atoms with Gasteiger partial charge in [-0.25, -0.2) is 0 Å². The van der Waals surface area contributed by atoms with Crippen molar-refractivity contribution in [2.45, 2.75) is 103 Å². The van der Waals surface area contributed by atoms with E-state index in [1.54, 1.807) is 7.11 Å². The maximum atomic E-state index is 12.4. The quantitative estimate of drug-likeness (QED) is 0.193. The summed E-state index contributed by atoms with van der Waals surface area (Å²) in [6.45, 7) is 3.00. The van der Waals surface area contributed by atoms with Crippen molar-refractivity contribution >= 4 is 5.91 Å². The van der Waals surface area contributed by atoms with E-state index in [1.165, 1.54) is 25.7 Å². The molecule has 1 saturated carbocycles. The highest BCUT2D eigenvalue weighted by atomic mass is 16.5. The number of nitrogens with zero attached hydrogens (tertiary/aromatic N) is 1. The third kappa shape index (κ3) is 15.0. The fraction of sp³-hybridized carbons (Fsp3) is 0.690. The zero-order valence-corrected chi connectivity index (χ0v) is 21.5. The minimum atomic E-state index is -0.363. The largest absolute Gasteiger partial charge is 0.390 e. The standard InChI is InChI=1S/C29H49NO3/c1-4-5-6-7-8-9-10-11-12-13-14-15-16-17-18-19-20-21-29(32)30(2)25-26-22-23-27(31)28(24-26)33-3/h8-9,11-12,14-15,17-18,26-28,31H,4-7,10,13,16,19-25H2,1-3H3/b9-8-,12-11-,15-14-,18-17-. The maximum Gasteiger partial charge on any atom is 0.222 e. The highest BCUT2D eigenvalue weighted by molar-refractivity contribution is 5.75. The summed E-state index contributed by atoms with van der Waals surface area (Å²) in [5.41, 5.74) is 0. The molecule has 3 atom stereocenters. The second-order valence-electron chi connectivity index (χ2n) is 9.28. The molecular formula is C29H49NO3. The van der Waals surface area contributed by atoms with Crippen LogP contribution in [0.3, 0.4) is 0 Å². The lowest BCUT2D eigenvalue weighted by Gasteiger charge is -2.34. The lowest BCUT2D eigenvalue weighted by molar-refractivity contribution is -0.131. The monoisotopic (exact) mass is 459 g/mol. The van der Waals surface area contributed by atoms with Crippen molar-refractivity contribution in [3.8, 4) is 0 Å². The van der Waals surface area contributed by atoms with E-state index in [9.17, 15) is 9.90 Å². The van der Waals surface area contributed by atoms with Gasteiger partial charge in [-0.3, -0.25) is 4.79 Å². The van der Waals surface area contributed by atoms with Crippen LogP contribution in [-0.2, 0) is 9.53 Å². The van der Waals surface area contributed by atoms with Gasteiger partial charge in [0.2, 0.25) is 5.91 Å². The summed E-state index contributed by atoms with van der Waals surface area (Å²) in [7, 11) is 3.55. The molecule has 188 valence electrons. The molecule has 0 aromatic heterocycles. The summed E-state index contributed by atoms with van der Waals surface area (Å²) in [4.78, 5) is 14.3. The average Bonchev–Trinajstić information content (AvgIpc) is 2.82. The van der Waals surface area contributed by atoms with Crippen molar-refractivity contribution in [3.63, 3.8) is 0 Å². The summed E-state index contributed by atoms with van der Waals surface area (Å²) >= 11 is 0. The summed E-state index contributed by atoms with van der Waals surface area (Å²) in [6.07, 6.45) is 30.4. The lowest BCUT2D eigenvalue weighted by atomic mass is 9.85. The first-order valence-corrected chi connectivity index (χ1v) is 13.1. The molecule has 1 rings (SSSR count). The molecule has 4 heteroatoms. The first kappa shape index (κ1) is 29.4. The second kappa shape index (κ2) is 19.8. The molecule has 4 nitrogen and oxygen atoms in total. The van der Waals surface area contributed by atoms with Gasteiger partial charge in [-0.2, -0.15) is 0 Å². The number of unbranched alkanes of at least 4 members (excludes halogenated alkanes) is 4. The number of aliphatic hydroxyl groups is 1. The Morgan fingerprint density at radius 2 is 1.48 bits per heavy atom. The van der Waals surface area contributed by atoms with Crippen molar-refractivity contribution in [1.82, 2.24) is 4.90 Å². The number of carbonyl (C=O) groups excluding carboxylic acids is 1. The molecule has 0 bridgehead atoms. The third-order valence-electron chi connectivity index (χ3n) is 6.34. The van der Waals surface area contributed by atoms with Crippen LogP contribution < -0.4 is 0 Å². The molecule has 1 amide bonds. The van der Waals surface area contributed by atoms with Gasteiger partial charge in [-0.1, -0.05) is 68.4 Å². The van der Waals surface area contributed by atoms with Crippen LogP contribution in [0.4, 0.5) is 0 Å². The van der Waals surface area contributed by atoms with Gasteiger partial charge in [0, 0.05) is 27.1 Å². The van der Waals surface area contributed by atoms with E-state index >= 15 is 0 Å². The van der Waals surface area contributed by atoms with E-state index in [0.717, 1.165) is 57.9 Å². The van der Waals surface area contributed by atoms with Crippen molar-refractivity contribution in [1.29, 1.82) is 0 Å². The van der Waals surface area contributed by atoms with Crippen molar-refractivity contribution in [2.24, 2.45) is 5.92 Å². The van der Waals surface area contributed by atoms with Gasteiger partial charge in [0.1, 0.15) is 0 Å². The normalized spacial score (nSPS) is 21.8.